The van der Waals surface area contributed by atoms with E-state index in [-0.39, 0.29) is 6.04 Å². The highest BCUT2D eigenvalue weighted by Crippen LogP contribution is 2.34. The van der Waals surface area contributed by atoms with Gasteiger partial charge >= 0.3 is 0 Å². The topological polar surface area (TPSA) is 12.5 Å². The highest BCUT2D eigenvalue weighted by Gasteiger charge is 2.26. The van der Waals surface area contributed by atoms with E-state index in [1.807, 2.05) is 12.1 Å². The molecule has 1 atom stereocenters. The largest absolute Gasteiger partial charge is 0.497 e. The summed E-state index contributed by atoms with van der Waals surface area (Å²) in [5.41, 5.74) is 1.90. The van der Waals surface area contributed by atoms with Crippen molar-refractivity contribution in [3.05, 3.63) is 65.2 Å². The van der Waals surface area contributed by atoms with E-state index >= 15 is 0 Å². The average molecular weight is 303 g/mol. The number of hydrogen-bond donors (Lipinski definition) is 0. The second-order valence-corrected chi connectivity index (χ2v) is 5.68. The molecule has 0 radical (unpaired) electrons. The van der Waals surface area contributed by atoms with E-state index in [0.29, 0.717) is 12.1 Å². The maximum atomic E-state index is 13.3. The fraction of sp³-hybridized carbons (Fsp3) is 0.333. The predicted molar refractivity (Wildman–Crippen MR) is 81.7 cm³/mol. The molecule has 3 rings (SSSR count). The van der Waals surface area contributed by atoms with Crippen molar-refractivity contribution >= 4 is 0 Å². The van der Waals surface area contributed by atoms with Crippen LogP contribution >= 0.6 is 0 Å². The zero-order valence-corrected chi connectivity index (χ0v) is 12.6. The van der Waals surface area contributed by atoms with Crippen molar-refractivity contribution in [2.24, 2.45) is 0 Å². The van der Waals surface area contributed by atoms with Crippen molar-refractivity contribution in [1.82, 2.24) is 4.90 Å². The molecular formula is C18H19F2NO. The molecule has 2 nitrogen and oxygen atoms in total. The number of nitrogens with zero attached hydrogens (tertiary/aromatic N) is 1. The molecule has 0 amide bonds. The third-order valence-electron chi connectivity index (χ3n) is 4.17. The summed E-state index contributed by atoms with van der Waals surface area (Å²) >= 11 is 0. The van der Waals surface area contributed by atoms with Gasteiger partial charge in [0.2, 0.25) is 0 Å². The Morgan fingerprint density at radius 3 is 2.41 bits per heavy atom. The van der Waals surface area contributed by atoms with E-state index in [4.69, 9.17) is 4.74 Å². The molecule has 116 valence electrons. The average Bonchev–Trinajstić information content (AvgIpc) is 2.94. The first-order valence-electron chi connectivity index (χ1n) is 7.48. The Bertz CT molecular complexity index is 622. The zero-order chi connectivity index (χ0) is 15.5. The molecule has 0 saturated carbocycles. The smallest absolute Gasteiger partial charge is 0.126 e. The molecule has 0 aliphatic carbocycles. The monoisotopic (exact) mass is 303 g/mol. The first-order valence-corrected chi connectivity index (χ1v) is 7.48. The van der Waals surface area contributed by atoms with Crippen LogP contribution in [0.25, 0.3) is 0 Å². The van der Waals surface area contributed by atoms with E-state index in [0.717, 1.165) is 31.2 Å². The number of hydrogen-bond acceptors (Lipinski definition) is 2. The molecule has 1 aliphatic heterocycles. The Hall–Kier alpha value is -1.94. The second-order valence-electron chi connectivity index (χ2n) is 5.68. The van der Waals surface area contributed by atoms with Gasteiger partial charge in [-0.25, -0.2) is 8.78 Å². The molecule has 2 aromatic rings. The molecule has 0 aromatic heterocycles. The lowest BCUT2D eigenvalue weighted by atomic mass is 10.0. The van der Waals surface area contributed by atoms with Crippen LogP contribution in [0.3, 0.4) is 0 Å². The van der Waals surface area contributed by atoms with Crippen molar-refractivity contribution in [2.45, 2.75) is 25.4 Å². The minimum atomic E-state index is -0.518. The van der Waals surface area contributed by atoms with Crippen LogP contribution in [-0.2, 0) is 6.54 Å². The fourth-order valence-electron chi connectivity index (χ4n) is 3.16. The minimum Gasteiger partial charge on any atom is -0.497 e. The lowest BCUT2D eigenvalue weighted by Gasteiger charge is -2.25. The quantitative estimate of drug-likeness (QED) is 0.834. The van der Waals surface area contributed by atoms with E-state index in [1.54, 1.807) is 7.11 Å². The predicted octanol–water partition coefficient (Wildman–Crippen LogP) is 4.31. The van der Waals surface area contributed by atoms with Crippen molar-refractivity contribution < 1.29 is 13.5 Å². The molecular weight excluding hydrogens is 284 g/mol. The number of benzene rings is 2. The van der Waals surface area contributed by atoms with Crippen LogP contribution in [0, 0.1) is 11.6 Å². The fourth-order valence-corrected chi connectivity index (χ4v) is 3.16. The summed E-state index contributed by atoms with van der Waals surface area (Å²) in [6.07, 6.45) is 2.15. The maximum Gasteiger partial charge on any atom is 0.126 e. The molecule has 0 unspecified atom stereocenters. The summed E-state index contributed by atoms with van der Waals surface area (Å²) in [6, 6.07) is 12.0. The zero-order valence-electron chi connectivity index (χ0n) is 12.6. The van der Waals surface area contributed by atoms with Gasteiger partial charge in [0, 0.05) is 18.7 Å². The van der Waals surface area contributed by atoms with Crippen molar-refractivity contribution in [3.63, 3.8) is 0 Å². The Balaban J connectivity index is 1.77. The lowest BCUT2D eigenvalue weighted by Crippen LogP contribution is -2.22. The van der Waals surface area contributed by atoms with E-state index in [1.165, 1.54) is 17.7 Å². The van der Waals surface area contributed by atoms with Gasteiger partial charge in [-0.1, -0.05) is 12.1 Å². The summed E-state index contributed by atoms with van der Waals surface area (Å²) in [7, 11) is 1.65. The highest BCUT2D eigenvalue weighted by atomic mass is 19.1. The van der Waals surface area contributed by atoms with Gasteiger partial charge in [-0.2, -0.15) is 0 Å². The molecule has 4 heteroatoms. The van der Waals surface area contributed by atoms with Gasteiger partial charge in [0.05, 0.1) is 7.11 Å². The molecule has 1 aliphatic rings. The molecule has 0 bridgehead atoms. The third kappa shape index (κ3) is 3.28. The molecule has 0 N–H and O–H groups in total. The Morgan fingerprint density at radius 1 is 1.09 bits per heavy atom. The summed E-state index contributed by atoms with van der Waals surface area (Å²) in [5.74, 6) is -0.203. The molecule has 1 fully saturated rings. The van der Waals surface area contributed by atoms with Gasteiger partial charge in [0.25, 0.3) is 0 Å². The van der Waals surface area contributed by atoms with Crippen LogP contribution in [0.4, 0.5) is 8.78 Å². The van der Waals surface area contributed by atoms with Gasteiger partial charge in [0.15, 0.2) is 0 Å². The van der Waals surface area contributed by atoms with E-state index < -0.39 is 11.6 Å². The molecule has 0 spiro atoms. The van der Waals surface area contributed by atoms with Crippen molar-refractivity contribution in [1.29, 1.82) is 0 Å². The summed E-state index contributed by atoms with van der Waals surface area (Å²) < 4.78 is 31.8. The normalized spacial score (nSPS) is 18.6. The van der Waals surface area contributed by atoms with E-state index in [2.05, 4.69) is 17.0 Å². The minimum absolute atomic E-state index is 0.289. The Morgan fingerprint density at radius 2 is 1.77 bits per heavy atom. The molecule has 22 heavy (non-hydrogen) atoms. The van der Waals surface area contributed by atoms with Gasteiger partial charge in [-0.3, -0.25) is 4.90 Å². The van der Waals surface area contributed by atoms with Crippen molar-refractivity contribution in [3.8, 4) is 5.75 Å². The number of likely N-dealkylation sites (tertiary alicyclic amines) is 1. The SMILES string of the molecule is COc1ccc([C@@H]2CCCN2Cc2cc(F)cc(F)c2)cc1. The van der Waals surface area contributed by atoms with Crippen LogP contribution in [0.5, 0.6) is 5.75 Å². The van der Waals surface area contributed by atoms with Crippen LogP contribution < -0.4 is 4.74 Å². The standard InChI is InChI=1S/C18H19F2NO/c1-22-17-6-4-14(5-7-17)18-3-2-8-21(18)12-13-9-15(19)11-16(20)10-13/h4-7,9-11,18H,2-3,8,12H2,1H3/t18-/m0/s1. The third-order valence-corrected chi connectivity index (χ3v) is 4.17. The van der Waals surface area contributed by atoms with Crippen LogP contribution in [0.2, 0.25) is 0 Å². The van der Waals surface area contributed by atoms with Gasteiger partial charge in [-0.15, -0.1) is 0 Å². The number of rotatable bonds is 4. The van der Waals surface area contributed by atoms with Crippen LogP contribution in [0.1, 0.15) is 30.0 Å². The number of halogens is 2. The van der Waals surface area contributed by atoms with E-state index in [9.17, 15) is 8.78 Å². The molecule has 1 heterocycles. The number of ether oxygens (including phenoxy) is 1. The maximum absolute atomic E-state index is 13.3. The first-order chi connectivity index (χ1) is 10.7. The molecule has 1 saturated heterocycles. The lowest BCUT2D eigenvalue weighted by molar-refractivity contribution is 0.247. The van der Waals surface area contributed by atoms with Crippen molar-refractivity contribution in [2.75, 3.05) is 13.7 Å². The van der Waals surface area contributed by atoms with Crippen LogP contribution in [0.15, 0.2) is 42.5 Å². The number of methoxy groups -OCH3 is 1. The summed E-state index contributed by atoms with van der Waals surface area (Å²) in [4.78, 5) is 2.27. The molecule has 2 aromatic carbocycles. The Kier molecular flexibility index (Phi) is 4.39. The summed E-state index contributed by atoms with van der Waals surface area (Å²) in [6.45, 7) is 1.50. The summed E-state index contributed by atoms with van der Waals surface area (Å²) in [5, 5.41) is 0. The van der Waals surface area contributed by atoms with Gasteiger partial charge < -0.3 is 4.74 Å². The second kappa shape index (κ2) is 6.44. The van der Waals surface area contributed by atoms with Gasteiger partial charge in [0.1, 0.15) is 17.4 Å². The highest BCUT2D eigenvalue weighted by molar-refractivity contribution is 5.30. The van der Waals surface area contributed by atoms with Crippen LogP contribution in [-0.4, -0.2) is 18.6 Å². The first kappa shape index (κ1) is 15.0. The Labute approximate surface area is 129 Å². The van der Waals surface area contributed by atoms with Gasteiger partial charge in [-0.05, 0) is 54.8 Å².